The van der Waals surface area contributed by atoms with Crippen LogP contribution in [0.1, 0.15) is 17.0 Å². The molecule has 0 bridgehead atoms. The highest BCUT2D eigenvalue weighted by Crippen LogP contribution is 2.35. The second-order valence-electron chi connectivity index (χ2n) is 6.88. The van der Waals surface area contributed by atoms with Crippen molar-refractivity contribution in [1.82, 2.24) is 9.66 Å². The van der Waals surface area contributed by atoms with Gasteiger partial charge in [-0.2, -0.15) is 9.78 Å². The van der Waals surface area contributed by atoms with Crippen LogP contribution in [-0.4, -0.2) is 15.9 Å². The molecule has 0 aliphatic rings. The first-order valence-electron chi connectivity index (χ1n) is 9.42. The number of nitrogens with zero attached hydrogens (tertiary/aromatic N) is 3. The molecule has 0 amide bonds. The second kappa shape index (κ2) is 9.75. The van der Waals surface area contributed by atoms with Crippen molar-refractivity contribution in [2.24, 2.45) is 5.10 Å². The molecule has 162 valence electrons. The highest BCUT2D eigenvalue weighted by molar-refractivity contribution is 9.10. The molecule has 5 nitrogen and oxygen atoms in total. The maximum Gasteiger partial charge on any atom is 0.282 e. The summed E-state index contributed by atoms with van der Waals surface area (Å²) in [6.07, 6.45) is 1.55. The fourth-order valence-electron chi connectivity index (χ4n) is 3.08. The molecule has 0 atom stereocenters. The van der Waals surface area contributed by atoms with E-state index in [0.717, 1.165) is 10.0 Å². The van der Waals surface area contributed by atoms with E-state index in [1.165, 1.54) is 4.68 Å². The van der Waals surface area contributed by atoms with Crippen molar-refractivity contribution < 1.29 is 4.74 Å². The van der Waals surface area contributed by atoms with Crippen LogP contribution in [0.5, 0.6) is 5.75 Å². The summed E-state index contributed by atoms with van der Waals surface area (Å²) in [6.45, 7) is 2.01. The van der Waals surface area contributed by atoms with Crippen LogP contribution in [0, 0.1) is 6.92 Å². The van der Waals surface area contributed by atoms with E-state index in [2.05, 4.69) is 41.9 Å². The van der Waals surface area contributed by atoms with Crippen LogP contribution in [0.25, 0.3) is 10.9 Å². The van der Waals surface area contributed by atoms with Crippen molar-refractivity contribution >= 4 is 72.2 Å². The summed E-state index contributed by atoms with van der Waals surface area (Å²) < 4.78 is 8.59. The summed E-state index contributed by atoms with van der Waals surface area (Å²) in [7, 11) is 0. The largest absolute Gasteiger partial charge is 0.486 e. The summed E-state index contributed by atoms with van der Waals surface area (Å²) in [4.78, 5) is 17.3. The minimum absolute atomic E-state index is 0.255. The lowest BCUT2D eigenvalue weighted by molar-refractivity contribution is 0.304. The normalized spacial score (nSPS) is 11.4. The third-order valence-corrected chi connectivity index (χ3v) is 6.37. The Bertz CT molecular complexity index is 1400. The Morgan fingerprint density at radius 2 is 1.88 bits per heavy atom. The van der Waals surface area contributed by atoms with Crippen molar-refractivity contribution in [3.8, 4) is 5.75 Å². The summed E-state index contributed by atoms with van der Waals surface area (Å²) in [5.41, 5.74) is 1.91. The Hall–Kier alpha value is -2.19. The Kier molecular flexibility index (Phi) is 7.00. The molecule has 1 aromatic heterocycles. The number of benzene rings is 3. The molecule has 0 fully saturated rings. The van der Waals surface area contributed by atoms with Gasteiger partial charge in [0.15, 0.2) is 5.75 Å². The first kappa shape index (κ1) is 23.0. The number of aryl methyl sites for hydroxylation is 1. The molecule has 1 heterocycles. The molecule has 0 radical (unpaired) electrons. The quantitative estimate of drug-likeness (QED) is 0.234. The van der Waals surface area contributed by atoms with Gasteiger partial charge < -0.3 is 4.74 Å². The predicted molar refractivity (Wildman–Crippen MR) is 136 cm³/mol. The Morgan fingerprint density at radius 3 is 2.62 bits per heavy atom. The molecule has 0 aliphatic carbocycles. The molecule has 3 aromatic carbocycles. The Labute approximate surface area is 210 Å². The Morgan fingerprint density at radius 1 is 1.09 bits per heavy atom. The van der Waals surface area contributed by atoms with Gasteiger partial charge in [-0.15, -0.1) is 0 Å². The van der Waals surface area contributed by atoms with Gasteiger partial charge in [0.2, 0.25) is 0 Å². The van der Waals surface area contributed by atoms with Crippen LogP contribution < -0.4 is 10.3 Å². The van der Waals surface area contributed by atoms with Crippen molar-refractivity contribution in [3.05, 3.63) is 101 Å². The van der Waals surface area contributed by atoms with Crippen LogP contribution in [0.3, 0.4) is 0 Å². The fourth-order valence-corrected chi connectivity index (χ4v) is 4.62. The van der Waals surface area contributed by atoms with Gasteiger partial charge in [0.25, 0.3) is 5.56 Å². The van der Waals surface area contributed by atoms with Gasteiger partial charge in [0, 0.05) is 15.1 Å². The van der Waals surface area contributed by atoms with E-state index < -0.39 is 0 Å². The molecule has 4 rings (SSSR count). The molecule has 0 saturated heterocycles. The lowest BCUT2D eigenvalue weighted by Crippen LogP contribution is -2.20. The van der Waals surface area contributed by atoms with Crippen molar-refractivity contribution in [3.63, 3.8) is 0 Å². The number of hydrogen-bond acceptors (Lipinski definition) is 4. The number of rotatable bonds is 5. The summed E-state index contributed by atoms with van der Waals surface area (Å²) in [5.74, 6) is 0.972. The minimum atomic E-state index is -0.255. The highest BCUT2D eigenvalue weighted by atomic mass is 79.9. The van der Waals surface area contributed by atoms with E-state index in [9.17, 15) is 4.79 Å². The third kappa shape index (κ3) is 4.91. The van der Waals surface area contributed by atoms with Crippen LogP contribution >= 0.6 is 55.1 Å². The van der Waals surface area contributed by atoms with E-state index in [1.54, 1.807) is 37.4 Å². The maximum atomic E-state index is 12.9. The number of fused-ring (bicyclic) bond motifs is 1. The number of aromatic nitrogens is 2. The monoisotopic (exact) mass is 593 g/mol. The van der Waals surface area contributed by atoms with Crippen molar-refractivity contribution in [2.75, 3.05) is 0 Å². The van der Waals surface area contributed by atoms with Gasteiger partial charge in [-0.1, -0.05) is 57.3 Å². The molecule has 0 unspecified atom stereocenters. The Balaban J connectivity index is 1.62. The first-order chi connectivity index (χ1) is 15.3. The van der Waals surface area contributed by atoms with E-state index in [1.807, 2.05) is 30.3 Å². The van der Waals surface area contributed by atoms with Crippen molar-refractivity contribution in [2.45, 2.75) is 13.5 Å². The molecular formula is C23H15Br2Cl2N3O2. The van der Waals surface area contributed by atoms with Gasteiger partial charge in [-0.25, -0.2) is 4.98 Å². The molecular weight excluding hydrogens is 581 g/mol. The highest BCUT2D eigenvalue weighted by Gasteiger charge is 2.11. The SMILES string of the molecule is Cc1nc2ccc(Br)cc2c(=O)n1N=Cc1cc(Cl)c(OCc2ccccc2Cl)c(Br)c1. The van der Waals surface area contributed by atoms with E-state index in [0.29, 0.717) is 42.6 Å². The fraction of sp³-hybridized carbons (Fsp3) is 0.0870. The van der Waals surface area contributed by atoms with Gasteiger partial charge in [-0.3, -0.25) is 4.79 Å². The standard InChI is InChI=1S/C23H15Br2Cl2N3O2/c1-13-29-21-7-6-16(24)10-17(21)23(31)30(13)28-11-14-8-18(25)22(20(27)9-14)32-12-15-4-2-3-5-19(15)26/h2-11H,12H2,1H3. The summed E-state index contributed by atoms with van der Waals surface area (Å²) in [5, 5.41) is 5.84. The number of hydrogen-bond donors (Lipinski definition) is 0. The smallest absolute Gasteiger partial charge is 0.282 e. The molecule has 4 aromatic rings. The average Bonchev–Trinajstić information content (AvgIpc) is 2.75. The third-order valence-electron chi connectivity index (χ3n) is 4.64. The molecule has 0 aliphatic heterocycles. The van der Waals surface area contributed by atoms with Crippen LogP contribution in [0.4, 0.5) is 0 Å². The van der Waals surface area contributed by atoms with E-state index in [4.69, 9.17) is 27.9 Å². The maximum absolute atomic E-state index is 12.9. The predicted octanol–water partition coefficient (Wildman–Crippen LogP) is 7.00. The number of ether oxygens (including phenoxy) is 1. The zero-order chi connectivity index (χ0) is 22.8. The zero-order valence-corrected chi connectivity index (χ0v) is 21.3. The van der Waals surface area contributed by atoms with Crippen LogP contribution in [-0.2, 0) is 6.61 Å². The second-order valence-corrected chi connectivity index (χ2v) is 9.46. The van der Waals surface area contributed by atoms with Gasteiger partial charge in [-0.05, 0) is 64.8 Å². The first-order valence-corrected chi connectivity index (χ1v) is 11.8. The lowest BCUT2D eigenvalue weighted by Gasteiger charge is -2.12. The molecule has 9 heteroatoms. The summed E-state index contributed by atoms with van der Waals surface area (Å²) in [6, 6.07) is 16.3. The van der Waals surface area contributed by atoms with Crippen LogP contribution in [0.2, 0.25) is 10.0 Å². The van der Waals surface area contributed by atoms with Crippen LogP contribution in [0.15, 0.2) is 73.4 Å². The van der Waals surface area contributed by atoms with Gasteiger partial charge in [0.1, 0.15) is 12.4 Å². The van der Waals surface area contributed by atoms with Crippen molar-refractivity contribution in [1.29, 1.82) is 0 Å². The minimum Gasteiger partial charge on any atom is -0.486 e. The molecule has 0 saturated carbocycles. The van der Waals surface area contributed by atoms with E-state index in [-0.39, 0.29) is 12.2 Å². The van der Waals surface area contributed by atoms with E-state index >= 15 is 0 Å². The lowest BCUT2D eigenvalue weighted by atomic mass is 10.2. The van der Waals surface area contributed by atoms with Gasteiger partial charge in [0.05, 0.1) is 26.6 Å². The average molecular weight is 596 g/mol. The van der Waals surface area contributed by atoms with Gasteiger partial charge >= 0.3 is 0 Å². The molecule has 32 heavy (non-hydrogen) atoms. The topological polar surface area (TPSA) is 56.5 Å². The summed E-state index contributed by atoms with van der Waals surface area (Å²) >= 11 is 19.5. The molecule has 0 N–H and O–H groups in total. The zero-order valence-electron chi connectivity index (χ0n) is 16.7. The number of halogens is 4. The molecule has 0 spiro atoms.